The molecule has 0 aliphatic carbocycles. The number of nitrogens with zero attached hydrogens (tertiary/aromatic N) is 1. The van der Waals surface area contributed by atoms with Gasteiger partial charge in [-0.1, -0.05) is 0 Å². The molecule has 0 N–H and O–H groups in total. The van der Waals surface area contributed by atoms with Crippen molar-refractivity contribution in [1.29, 1.82) is 0 Å². The van der Waals surface area contributed by atoms with Crippen molar-refractivity contribution in [2.24, 2.45) is 0 Å². The van der Waals surface area contributed by atoms with Gasteiger partial charge < -0.3 is 0 Å². The Morgan fingerprint density at radius 2 is 1.64 bits per heavy atom. The van der Waals surface area contributed by atoms with E-state index < -0.39 is 0 Å². The van der Waals surface area contributed by atoms with Gasteiger partial charge in [-0.2, -0.15) is 0 Å². The molecule has 60 valence electrons. The second-order valence-electron chi connectivity index (χ2n) is 2.41. The standard InChI is InChI=1S/C8H11N.C2H4/c1-6-4-8(3)9-5-7(6)2;1-2/h4-5H,1-3H3;1-2H2. The minimum Gasteiger partial charge on any atom is -0.261 e. The smallest absolute Gasteiger partial charge is 0.0375 e. The Kier molecular flexibility index (Phi) is 4.20. The molecule has 11 heavy (non-hydrogen) atoms. The molecular formula is C10H15N. The molecule has 1 rings (SSSR count). The molecule has 0 saturated carbocycles. The zero-order chi connectivity index (χ0) is 8.85. The highest BCUT2D eigenvalue weighted by atomic mass is 14.7. The van der Waals surface area contributed by atoms with Gasteiger partial charge >= 0.3 is 0 Å². The summed E-state index contributed by atoms with van der Waals surface area (Å²) < 4.78 is 0. The average molecular weight is 149 g/mol. The van der Waals surface area contributed by atoms with Crippen LogP contribution >= 0.6 is 0 Å². The van der Waals surface area contributed by atoms with E-state index in [-0.39, 0.29) is 0 Å². The van der Waals surface area contributed by atoms with Gasteiger partial charge in [0.15, 0.2) is 0 Å². The lowest BCUT2D eigenvalue weighted by Crippen LogP contribution is -1.85. The molecular weight excluding hydrogens is 134 g/mol. The molecule has 0 aromatic carbocycles. The summed E-state index contributed by atoms with van der Waals surface area (Å²) in [6.07, 6.45) is 1.91. The molecule has 0 atom stereocenters. The van der Waals surface area contributed by atoms with E-state index in [2.05, 4.69) is 38.1 Å². The lowest BCUT2D eigenvalue weighted by Gasteiger charge is -1.97. The van der Waals surface area contributed by atoms with Crippen LogP contribution in [0.15, 0.2) is 25.4 Å². The first kappa shape index (κ1) is 9.89. The van der Waals surface area contributed by atoms with E-state index in [1.165, 1.54) is 11.1 Å². The van der Waals surface area contributed by atoms with Crippen LogP contribution in [0.3, 0.4) is 0 Å². The topological polar surface area (TPSA) is 12.9 Å². The average Bonchev–Trinajstić information content (AvgIpc) is 2.02. The molecule has 1 aromatic rings. The van der Waals surface area contributed by atoms with Crippen molar-refractivity contribution in [3.63, 3.8) is 0 Å². The predicted octanol–water partition coefficient (Wildman–Crippen LogP) is 2.81. The molecule has 0 bridgehead atoms. The maximum Gasteiger partial charge on any atom is 0.0375 e. The van der Waals surface area contributed by atoms with E-state index in [0.717, 1.165) is 5.69 Å². The van der Waals surface area contributed by atoms with Gasteiger partial charge in [0.05, 0.1) is 0 Å². The van der Waals surface area contributed by atoms with Crippen LogP contribution in [0.5, 0.6) is 0 Å². The predicted molar refractivity (Wildman–Crippen MR) is 49.7 cm³/mol. The van der Waals surface area contributed by atoms with E-state index in [4.69, 9.17) is 0 Å². The summed E-state index contributed by atoms with van der Waals surface area (Å²) in [6, 6.07) is 2.09. The SMILES string of the molecule is C=C.Cc1cc(C)c(C)cn1. The fraction of sp³-hybridized carbons (Fsp3) is 0.300. The quantitative estimate of drug-likeness (QED) is 0.517. The van der Waals surface area contributed by atoms with Crippen molar-refractivity contribution in [2.75, 3.05) is 0 Å². The molecule has 0 aliphatic rings. The first-order valence-electron chi connectivity index (χ1n) is 3.60. The van der Waals surface area contributed by atoms with Crippen LogP contribution < -0.4 is 0 Å². The Balaban J connectivity index is 0.000000461. The summed E-state index contributed by atoms with van der Waals surface area (Å²) in [5, 5.41) is 0. The van der Waals surface area contributed by atoms with Gasteiger partial charge in [-0.15, -0.1) is 13.2 Å². The Morgan fingerprint density at radius 3 is 2.00 bits per heavy atom. The number of hydrogen-bond donors (Lipinski definition) is 0. The van der Waals surface area contributed by atoms with E-state index in [1.54, 1.807) is 0 Å². The van der Waals surface area contributed by atoms with Crippen LogP contribution in [0.25, 0.3) is 0 Å². The molecule has 0 saturated heterocycles. The zero-order valence-electron chi connectivity index (χ0n) is 7.52. The van der Waals surface area contributed by atoms with Crippen molar-refractivity contribution in [1.82, 2.24) is 4.98 Å². The number of rotatable bonds is 0. The second kappa shape index (κ2) is 4.67. The molecule has 1 aromatic heterocycles. The number of pyridine rings is 1. The van der Waals surface area contributed by atoms with E-state index in [0.29, 0.717) is 0 Å². The molecule has 0 unspecified atom stereocenters. The lowest BCUT2D eigenvalue weighted by atomic mass is 10.2. The van der Waals surface area contributed by atoms with Gasteiger partial charge in [0.2, 0.25) is 0 Å². The summed E-state index contributed by atoms with van der Waals surface area (Å²) in [4.78, 5) is 4.14. The van der Waals surface area contributed by atoms with Crippen LogP contribution in [0, 0.1) is 20.8 Å². The van der Waals surface area contributed by atoms with E-state index >= 15 is 0 Å². The lowest BCUT2D eigenvalue weighted by molar-refractivity contribution is 1.14. The highest BCUT2D eigenvalue weighted by Crippen LogP contribution is 2.04. The molecule has 0 fully saturated rings. The van der Waals surface area contributed by atoms with Crippen LogP contribution in [0.2, 0.25) is 0 Å². The van der Waals surface area contributed by atoms with Crippen molar-refractivity contribution >= 4 is 0 Å². The Bertz CT molecular complexity index is 228. The molecule has 0 amide bonds. The van der Waals surface area contributed by atoms with Crippen molar-refractivity contribution in [3.8, 4) is 0 Å². The van der Waals surface area contributed by atoms with Crippen LogP contribution in [0.4, 0.5) is 0 Å². The summed E-state index contributed by atoms with van der Waals surface area (Å²) in [7, 11) is 0. The van der Waals surface area contributed by atoms with Crippen molar-refractivity contribution in [3.05, 3.63) is 42.2 Å². The zero-order valence-corrected chi connectivity index (χ0v) is 7.52. The van der Waals surface area contributed by atoms with E-state index in [9.17, 15) is 0 Å². The Morgan fingerprint density at radius 1 is 1.09 bits per heavy atom. The third-order valence-electron chi connectivity index (χ3n) is 1.51. The van der Waals surface area contributed by atoms with Gasteiger partial charge in [0, 0.05) is 11.9 Å². The van der Waals surface area contributed by atoms with E-state index in [1.807, 2.05) is 13.1 Å². The molecule has 1 heteroatoms. The molecule has 0 spiro atoms. The second-order valence-corrected chi connectivity index (χ2v) is 2.41. The monoisotopic (exact) mass is 149 g/mol. The van der Waals surface area contributed by atoms with Gasteiger partial charge in [-0.3, -0.25) is 4.98 Å². The van der Waals surface area contributed by atoms with Gasteiger partial charge in [0.1, 0.15) is 0 Å². The minimum absolute atomic E-state index is 1.10. The van der Waals surface area contributed by atoms with Crippen molar-refractivity contribution < 1.29 is 0 Å². The van der Waals surface area contributed by atoms with Crippen LogP contribution in [-0.4, -0.2) is 4.98 Å². The highest BCUT2D eigenvalue weighted by molar-refractivity contribution is 5.22. The Hall–Kier alpha value is -1.11. The minimum atomic E-state index is 1.10. The maximum absolute atomic E-state index is 4.14. The number of aryl methyl sites for hydroxylation is 3. The molecule has 1 heterocycles. The largest absolute Gasteiger partial charge is 0.261 e. The summed E-state index contributed by atoms with van der Waals surface area (Å²) in [5.74, 6) is 0. The normalized spacial score (nSPS) is 8.27. The van der Waals surface area contributed by atoms with Crippen LogP contribution in [-0.2, 0) is 0 Å². The molecule has 0 radical (unpaired) electrons. The Labute approximate surface area is 68.8 Å². The number of aromatic nitrogens is 1. The summed E-state index contributed by atoms with van der Waals surface area (Å²) in [6.45, 7) is 12.2. The van der Waals surface area contributed by atoms with Gasteiger partial charge in [-0.25, -0.2) is 0 Å². The van der Waals surface area contributed by atoms with Gasteiger partial charge in [-0.05, 0) is 38.0 Å². The first-order chi connectivity index (χ1) is 5.20. The molecule has 1 nitrogen and oxygen atoms in total. The molecule has 0 aliphatic heterocycles. The van der Waals surface area contributed by atoms with Crippen LogP contribution in [0.1, 0.15) is 16.8 Å². The third kappa shape index (κ3) is 2.99. The van der Waals surface area contributed by atoms with Crippen molar-refractivity contribution in [2.45, 2.75) is 20.8 Å². The number of hydrogen-bond acceptors (Lipinski definition) is 1. The maximum atomic E-state index is 4.14. The fourth-order valence-corrected chi connectivity index (χ4v) is 0.765. The first-order valence-corrected chi connectivity index (χ1v) is 3.60. The third-order valence-corrected chi connectivity index (χ3v) is 1.51. The highest BCUT2D eigenvalue weighted by Gasteiger charge is 1.90. The summed E-state index contributed by atoms with van der Waals surface area (Å²) in [5.41, 5.74) is 3.68. The van der Waals surface area contributed by atoms with Gasteiger partial charge in [0.25, 0.3) is 0 Å². The fourth-order valence-electron chi connectivity index (χ4n) is 0.765. The summed E-state index contributed by atoms with van der Waals surface area (Å²) >= 11 is 0.